The smallest absolute Gasteiger partial charge is 0.250 e. The van der Waals surface area contributed by atoms with Crippen LogP contribution in [0.3, 0.4) is 0 Å². The molecule has 0 aromatic heterocycles. The highest BCUT2D eigenvalue weighted by atomic mass is 35.5. The summed E-state index contributed by atoms with van der Waals surface area (Å²) < 4.78 is 23.5. The van der Waals surface area contributed by atoms with Crippen molar-refractivity contribution in [2.75, 3.05) is 12.8 Å². The van der Waals surface area contributed by atoms with Gasteiger partial charge in [0.1, 0.15) is 0 Å². The Bertz CT molecular complexity index is 785. The SMILES string of the molecule is CCC(CCCNC(=O)C1=CCC(Cl)C(S(C)(=O)=O)=C1)c1ccccc1. The fourth-order valence-electron chi connectivity index (χ4n) is 3.13. The Kier molecular flexibility index (Phi) is 7.47. The topological polar surface area (TPSA) is 63.2 Å². The Hall–Kier alpha value is -1.59. The molecule has 0 saturated carbocycles. The van der Waals surface area contributed by atoms with E-state index in [0.29, 0.717) is 24.5 Å². The molecule has 1 aliphatic rings. The summed E-state index contributed by atoms with van der Waals surface area (Å²) in [4.78, 5) is 12.4. The van der Waals surface area contributed by atoms with Gasteiger partial charge in [0.15, 0.2) is 9.84 Å². The minimum atomic E-state index is -3.40. The molecule has 1 aliphatic carbocycles. The van der Waals surface area contributed by atoms with Crippen LogP contribution in [0.5, 0.6) is 0 Å². The predicted molar refractivity (Wildman–Crippen MR) is 107 cm³/mol. The monoisotopic (exact) mass is 395 g/mol. The van der Waals surface area contributed by atoms with E-state index in [1.807, 2.05) is 18.2 Å². The molecule has 26 heavy (non-hydrogen) atoms. The second-order valence-corrected chi connectivity index (χ2v) is 9.14. The number of allylic oxidation sites excluding steroid dienone is 2. The molecule has 0 aliphatic heterocycles. The van der Waals surface area contributed by atoms with Crippen LogP contribution < -0.4 is 5.32 Å². The van der Waals surface area contributed by atoms with Crippen molar-refractivity contribution in [3.63, 3.8) is 0 Å². The molecular weight excluding hydrogens is 370 g/mol. The van der Waals surface area contributed by atoms with E-state index in [1.165, 1.54) is 11.6 Å². The summed E-state index contributed by atoms with van der Waals surface area (Å²) in [7, 11) is -3.40. The number of hydrogen-bond acceptors (Lipinski definition) is 3. The predicted octanol–water partition coefficient (Wildman–Crippen LogP) is 3.94. The first-order chi connectivity index (χ1) is 12.3. The van der Waals surface area contributed by atoms with Crippen LogP contribution in [0, 0.1) is 0 Å². The number of rotatable bonds is 8. The molecule has 2 rings (SSSR count). The molecule has 1 N–H and O–H groups in total. The first kappa shape index (κ1) is 20.7. The molecule has 0 spiro atoms. The highest BCUT2D eigenvalue weighted by molar-refractivity contribution is 7.94. The molecule has 0 bridgehead atoms. The van der Waals surface area contributed by atoms with E-state index >= 15 is 0 Å². The van der Waals surface area contributed by atoms with Crippen LogP contribution >= 0.6 is 11.6 Å². The number of sulfone groups is 1. The van der Waals surface area contributed by atoms with E-state index in [-0.39, 0.29) is 10.8 Å². The lowest BCUT2D eigenvalue weighted by Crippen LogP contribution is -2.28. The third kappa shape index (κ3) is 5.71. The van der Waals surface area contributed by atoms with Gasteiger partial charge in [0.05, 0.1) is 10.3 Å². The number of halogens is 1. The molecular formula is C20H26ClNO3S. The van der Waals surface area contributed by atoms with Gasteiger partial charge < -0.3 is 5.32 Å². The molecule has 142 valence electrons. The summed E-state index contributed by atoms with van der Waals surface area (Å²) in [6.07, 6.45) is 7.46. The summed E-state index contributed by atoms with van der Waals surface area (Å²) in [5, 5.41) is 2.28. The van der Waals surface area contributed by atoms with E-state index in [9.17, 15) is 13.2 Å². The quantitative estimate of drug-likeness (QED) is 0.535. The lowest BCUT2D eigenvalue weighted by atomic mass is 9.92. The molecule has 2 atom stereocenters. The van der Waals surface area contributed by atoms with E-state index in [2.05, 4.69) is 24.4 Å². The highest BCUT2D eigenvalue weighted by Crippen LogP contribution is 2.27. The van der Waals surface area contributed by atoms with Crippen molar-refractivity contribution >= 4 is 27.3 Å². The lowest BCUT2D eigenvalue weighted by Gasteiger charge is -2.18. The second-order valence-electron chi connectivity index (χ2n) is 6.60. The summed E-state index contributed by atoms with van der Waals surface area (Å²) in [6.45, 7) is 2.73. The van der Waals surface area contributed by atoms with Gasteiger partial charge in [0, 0.05) is 18.4 Å². The molecule has 0 fully saturated rings. The molecule has 0 heterocycles. The molecule has 0 radical (unpaired) electrons. The maximum Gasteiger partial charge on any atom is 0.250 e. The van der Waals surface area contributed by atoms with Crippen LogP contribution in [0.25, 0.3) is 0 Å². The average Bonchev–Trinajstić information content (AvgIpc) is 2.61. The molecule has 0 saturated heterocycles. The van der Waals surface area contributed by atoms with E-state index < -0.39 is 15.2 Å². The van der Waals surface area contributed by atoms with Crippen molar-refractivity contribution in [2.45, 2.75) is 43.9 Å². The largest absolute Gasteiger partial charge is 0.352 e. The number of hydrogen-bond donors (Lipinski definition) is 1. The highest BCUT2D eigenvalue weighted by Gasteiger charge is 2.25. The number of alkyl halides is 1. The summed E-state index contributed by atoms with van der Waals surface area (Å²) in [5.74, 6) is 0.234. The van der Waals surface area contributed by atoms with Crippen LogP contribution in [-0.2, 0) is 14.6 Å². The van der Waals surface area contributed by atoms with Crippen molar-refractivity contribution in [1.29, 1.82) is 0 Å². The Morgan fingerprint density at radius 1 is 1.31 bits per heavy atom. The zero-order chi connectivity index (χ0) is 19.2. The Balaban J connectivity index is 1.86. The molecule has 1 amide bonds. The van der Waals surface area contributed by atoms with Gasteiger partial charge in [0.2, 0.25) is 0 Å². The Morgan fingerprint density at radius 2 is 2.00 bits per heavy atom. The van der Waals surface area contributed by atoms with E-state index in [0.717, 1.165) is 25.5 Å². The van der Waals surface area contributed by atoms with Gasteiger partial charge in [-0.1, -0.05) is 43.3 Å². The summed E-state index contributed by atoms with van der Waals surface area (Å²) in [5.41, 5.74) is 1.70. The van der Waals surface area contributed by atoms with Crippen molar-refractivity contribution in [2.24, 2.45) is 0 Å². The van der Waals surface area contributed by atoms with Gasteiger partial charge in [-0.15, -0.1) is 11.6 Å². The van der Waals surface area contributed by atoms with Crippen molar-refractivity contribution in [3.05, 3.63) is 58.5 Å². The van der Waals surface area contributed by atoms with Gasteiger partial charge in [-0.25, -0.2) is 8.42 Å². The van der Waals surface area contributed by atoms with Gasteiger partial charge in [-0.2, -0.15) is 0 Å². The zero-order valence-corrected chi connectivity index (χ0v) is 16.8. The van der Waals surface area contributed by atoms with E-state index in [4.69, 9.17) is 11.6 Å². The second kappa shape index (κ2) is 9.38. The number of carbonyl (C=O) groups excluding carboxylic acids is 1. The standard InChI is InChI=1S/C20H26ClNO3S/c1-3-15(16-8-5-4-6-9-16)10-7-13-22-20(23)17-11-12-18(21)19(14-17)26(2,24)25/h4-6,8-9,11,14-15,18H,3,7,10,12-13H2,1-2H3,(H,22,23). The van der Waals surface area contributed by atoms with Crippen molar-refractivity contribution < 1.29 is 13.2 Å². The first-order valence-corrected chi connectivity index (χ1v) is 11.2. The maximum absolute atomic E-state index is 12.3. The maximum atomic E-state index is 12.3. The Labute approximate surface area is 161 Å². The number of carbonyl (C=O) groups is 1. The molecule has 1 aromatic carbocycles. The summed E-state index contributed by atoms with van der Waals surface area (Å²) >= 11 is 6.05. The van der Waals surface area contributed by atoms with Gasteiger partial charge in [-0.3, -0.25) is 4.79 Å². The first-order valence-electron chi connectivity index (χ1n) is 8.92. The van der Waals surface area contributed by atoms with Crippen LogP contribution in [0.1, 0.15) is 44.1 Å². The Morgan fingerprint density at radius 3 is 2.62 bits per heavy atom. The molecule has 2 unspecified atom stereocenters. The van der Waals surface area contributed by atoms with E-state index in [1.54, 1.807) is 6.08 Å². The van der Waals surface area contributed by atoms with Crippen LogP contribution in [0.15, 0.2) is 53.0 Å². The summed E-state index contributed by atoms with van der Waals surface area (Å²) in [6, 6.07) is 10.4. The normalized spacial score (nSPS) is 18.7. The van der Waals surface area contributed by atoms with Crippen LogP contribution in [0.4, 0.5) is 0 Å². The molecule has 4 nitrogen and oxygen atoms in total. The third-order valence-corrected chi connectivity index (χ3v) is 6.42. The third-order valence-electron chi connectivity index (χ3n) is 4.62. The minimum absolute atomic E-state index is 0.113. The minimum Gasteiger partial charge on any atom is -0.352 e. The number of nitrogens with one attached hydrogen (secondary N) is 1. The fraction of sp³-hybridized carbons (Fsp3) is 0.450. The molecule has 1 aromatic rings. The number of benzene rings is 1. The van der Waals surface area contributed by atoms with Crippen LogP contribution in [-0.4, -0.2) is 32.5 Å². The molecule has 6 heteroatoms. The van der Waals surface area contributed by atoms with Crippen molar-refractivity contribution in [1.82, 2.24) is 5.32 Å². The van der Waals surface area contributed by atoms with Gasteiger partial charge in [-0.05, 0) is 43.2 Å². The number of amides is 1. The van der Waals surface area contributed by atoms with Crippen molar-refractivity contribution in [3.8, 4) is 0 Å². The fourth-order valence-corrected chi connectivity index (χ4v) is 4.67. The van der Waals surface area contributed by atoms with Crippen LogP contribution in [0.2, 0.25) is 0 Å². The average molecular weight is 396 g/mol. The zero-order valence-electron chi connectivity index (χ0n) is 15.2. The van der Waals surface area contributed by atoms with Gasteiger partial charge >= 0.3 is 0 Å². The lowest BCUT2D eigenvalue weighted by molar-refractivity contribution is -0.117. The van der Waals surface area contributed by atoms with Gasteiger partial charge in [0.25, 0.3) is 5.91 Å².